The molecule has 0 spiro atoms. The van der Waals surface area contributed by atoms with Crippen molar-refractivity contribution in [3.05, 3.63) is 65.7 Å². The molecule has 4 nitrogen and oxygen atoms in total. The third kappa shape index (κ3) is 5.72. The molecule has 4 heteroatoms. The molecule has 1 heterocycles. The molecule has 1 N–H and O–H groups in total. The Morgan fingerprint density at radius 3 is 2.56 bits per heavy atom. The number of rotatable bonds is 5. The molecule has 0 radical (unpaired) electrons. The lowest BCUT2D eigenvalue weighted by molar-refractivity contribution is -0.121. The maximum Gasteiger partial charge on any atom is 0.226 e. The van der Waals surface area contributed by atoms with Crippen LogP contribution in [0.5, 0.6) is 0 Å². The molecular formula is C23H24N2O2. The van der Waals surface area contributed by atoms with Crippen LogP contribution in [-0.2, 0) is 16.0 Å². The lowest BCUT2D eigenvalue weighted by atomic mass is 10.1. The van der Waals surface area contributed by atoms with Gasteiger partial charge in [-0.1, -0.05) is 42.2 Å². The van der Waals surface area contributed by atoms with Gasteiger partial charge in [-0.2, -0.15) is 0 Å². The van der Waals surface area contributed by atoms with E-state index < -0.39 is 0 Å². The van der Waals surface area contributed by atoms with Gasteiger partial charge in [-0.05, 0) is 49.1 Å². The summed E-state index contributed by atoms with van der Waals surface area (Å²) in [5.74, 6) is 6.22. The summed E-state index contributed by atoms with van der Waals surface area (Å²) in [7, 11) is 0. The maximum atomic E-state index is 12.0. The van der Waals surface area contributed by atoms with Gasteiger partial charge in [0.1, 0.15) is 0 Å². The van der Waals surface area contributed by atoms with Crippen molar-refractivity contribution in [2.75, 3.05) is 18.0 Å². The second kappa shape index (κ2) is 9.59. The predicted octanol–water partition coefficient (Wildman–Crippen LogP) is 3.30. The van der Waals surface area contributed by atoms with Crippen molar-refractivity contribution in [2.24, 2.45) is 0 Å². The van der Waals surface area contributed by atoms with Gasteiger partial charge in [-0.3, -0.25) is 9.59 Å². The monoisotopic (exact) mass is 360 g/mol. The number of benzene rings is 2. The zero-order valence-electron chi connectivity index (χ0n) is 15.4. The fourth-order valence-corrected chi connectivity index (χ4v) is 3.08. The molecule has 1 aliphatic rings. The van der Waals surface area contributed by atoms with Gasteiger partial charge in [-0.25, -0.2) is 0 Å². The van der Waals surface area contributed by atoms with Crippen molar-refractivity contribution in [1.82, 2.24) is 5.32 Å². The van der Waals surface area contributed by atoms with Crippen LogP contribution in [0.3, 0.4) is 0 Å². The average molecular weight is 360 g/mol. The Hall–Kier alpha value is -3.06. The molecule has 2 aromatic carbocycles. The second-order valence-corrected chi connectivity index (χ2v) is 6.61. The number of nitrogens with one attached hydrogen (secondary N) is 1. The van der Waals surface area contributed by atoms with Crippen LogP contribution >= 0.6 is 0 Å². The zero-order chi connectivity index (χ0) is 18.9. The highest BCUT2D eigenvalue weighted by atomic mass is 16.2. The summed E-state index contributed by atoms with van der Waals surface area (Å²) < 4.78 is 0. The van der Waals surface area contributed by atoms with E-state index in [9.17, 15) is 9.59 Å². The molecule has 0 aliphatic carbocycles. The van der Waals surface area contributed by atoms with Crippen LogP contribution < -0.4 is 10.2 Å². The van der Waals surface area contributed by atoms with Crippen LogP contribution in [0, 0.1) is 11.8 Å². The van der Waals surface area contributed by atoms with Crippen LogP contribution in [0.2, 0.25) is 0 Å². The molecule has 0 unspecified atom stereocenters. The van der Waals surface area contributed by atoms with Crippen molar-refractivity contribution >= 4 is 17.5 Å². The number of piperidine rings is 1. The van der Waals surface area contributed by atoms with E-state index in [1.165, 1.54) is 0 Å². The van der Waals surface area contributed by atoms with Gasteiger partial charge in [0, 0.05) is 30.6 Å². The Balaban J connectivity index is 1.44. The van der Waals surface area contributed by atoms with E-state index in [1.807, 2.05) is 59.5 Å². The van der Waals surface area contributed by atoms with Crippen LogP contribution in [0.15, 0.2) is 54.6 Å². The van der Waals surface area contributed by atoms with Crippen molar-refractivity contribution in [2.45, 2.75) is 32.1 Å². The molecule has 3 rings (SSSR count). The lowest BCUT2D eigenvalue weighted by Gasteiger charge is -2.26. The van der Waals surface area contributed by atoms with E-state index in [1.54, 1.807) is 0 Å². The van der Waals surface area contributed by atoms with Gasteiger partial charge >= 0.3 is 0 Å². The van der Waals surface area contributed by atoms with Gasteiger partial charge < -0.3 is 10.2 Å². The highest BCUT2D eigenvalue weighted by Gasteiger charge is 2.19. The summed E-state index contributed by atoms with van der Waals surface area (Å²) in [6.07, 6.45) is 3.86. The first kappa shape index (κ1) is 18.7. The van der Waals surface area contributed by atoms with Gasteiger partial charge in [0.2, 0.25) is 11.8 Å². The first-order valence-corrected chi connectivity index (χ1v) is 9.42. The largest absolute Gasteiger partial charge is 0.345 e. The molecule has 1 aliphatic heterocycles. The first-order valence-electron chi connectivity index (χ1n) is 9.42. The molecule has 2 aromatic rings. The minimum absolute atomic E-state index is 0.00659. The Bertz CT molecular complexity index is 832. The second-order valence-electron chi connectivity index (χ2n) is 6.61. The summed E-state index contributed by atoms with van der Waals surface area (Å²) in [4.78, 5) is 25.7. The molecular weight excluding hydrogens is 336 g/mol. The van der Waals surface area contributed by atoms with Crippen LogP contribution in [-0.4, -0.2) is 24.9 Å². The zero-order valence-corrected chi connectivity index (χ0v) is 15.4. The van der Waals surface area contributed by atoms with E-state index in [2.05, 4.69) is 17.2 Å². The number of carbonyl (C=O) groups excluding carboxylic acids is 2. The number of hydrogen-bond acceptors (Lipinski definition) is 2. The standard InChI is InChI=1S/C23H24N2O2/c26-22(16-13-19-7-2-1-3-8-19)24-17-6-9-20-11-14-21(15-12-20)25-18-5-4-10-23(25)27/h1-3,7-8,11-12,14-15H,4-5,10,13,16-18H2,(H,24,26). The normalized spacial score (nSPS) is 13.6. The molecule has 138 valence electrons. The van der Waals surface area contributed by atoms with Crippen molar-refractivity contribution in [3.63, 3.8) is 0 Å². The highest BCUT2D eigenvalue weighted by Crippen LogP contribution is 2.20. The third-order valence-electron chi connectivity index (χ3n) is 4.59. The fraction of sp³-hybridized carbons (Fsp3) is 0.304. The molecule has 27 heavy (non-hydrogen) atoms. The number of anilines is 1. The van der Waals surface area contributed by atoms with Crippen LogP contribution in [0.4, 0.5) is 5.69 Å². The predicted molar refractivity (Wildman–Crippen MR) is 107 cm³/mol. The van der Waals surface area contributed by atoms with Gasteiger partial charge in [0.25, 0.3) is 0 Å². The number of amides is 2. The smallest absolute Gasteiger partial charge is 0.226 e. The van der Waals surface area contributed by atoms with Gasteiger partial charge in [-0.15, -0.1) is 0 Å². The van der Waals surface area contributed by atoms with Crippen molar-refractivity contribution in [3.8, 4) is 11.8 Å². The quantitative estimate of drug-likeness (QED) is 0.832. The number of hydrogen-bond donors (Lipinski definition) is 1. The molecule has 0 saturated carbocycles. The molecule has 2 amide bonds. The molecule has 1 fully saturated rings. The lowest BCUT2D eigenvalue weighted by Crippen LogP contribution is -2.35. The summed E-state index contributed by atoms with van der Waals surface area (Å²) in [5, 5.41) is 2.83. The van der Waals surface area contributed by atoms with E-state index >= 15 is 0 Å². The third-order valence-corrected chi connectivity index (χ3v) is 4.59. The van der Waals surface area contributed by atoms with Crippen LogP contribution in [0.1, 0.15) is 36.8 Å². The number of carbonyl (C=O) groups is 2. The number of nitrogens with zero attached hydrogens (tertiary/aromatic N) is 1. The Kier molecular flexibility index (Phi) is 6.65. The van der Waals surface area contributed by atoms with E-state index in [0.29, 0.717) is 19.4 Å². The van der Waals surface area contributed by atoms with Crippen molar-refractivity contribution in [1.29, 1.82) is 0 Å². The summed E-state index contributed by atoms with van der Waals surface area (Å²) in [5.41, 5.74) is 2.97. The van der Waals surface area contributed by atoms with Crippen molar-refractivity contribution < 1.29 is 9.59 Å². The highest BCUT2D eigenvalue weighted by molar-refractivity contribution is 5.94. The minimum atomic E-state index is 0.00659. The Morgan fingerprint density at radius 2 is 1.81 bits per heavy atom. The minimum Gasteiger partial charge on any atom is -0.345 e. The Labute approximate surface area is 160 Å². The molecule has 1 saturated heterocycles. The van der Waals surface area contributed by atoms with Gasteiger partial charge in [0.05, 0.1) is 6.54 Å². The van der Waals surface area contributed by atoms with Crippen LogP contribution in [0.25, 0.3) is 0 Å². The van der Waals surface area contributed by atoms with E-state index in [0.717, 1.165) is 42.6 Å². The summed E-state index contributed by atoms with van der Waals surface area (Å²) in [6.45, 7) is 1.12. The Morgan fingerprint density at radius 1 is 1.04 bits per heavy atom. The summed E-state index contributed by atoms with van der Waals surface area (Å²) in [6, 6.07) is 17.7. The maximum absolute atomic E-state index is 12.0. The SMILES string of the molecule is O=C(CCc1ccccc1)NCC#Cc1ccc(N2CCCCC2=O)cc1. The molecule has 0 aromatic heterocycles. The topological polar surface area (TPSA) is 49.4 Å². The van der Waals surface area contributed by atoms with Gasteiger partial charge in [0.15, 0.2) is 0 Å². The molecule has 0 atom stereocenters. The fourth-order valence-electron chi connectivity index (χ4n) is 3.08. The van der Waals surface area contributed by atoms with E-state index in [-0.39, 0.29) is 11.8 Å². The first-order chi connectivity index (χ1) is 13.2. The molecule has 0 bridgehead atoms. The van der Waals surface area contributed by atoms with E-state index in [4.69, 9.17) is 0 Å². The average Bonchev–Trinajstić information content (AvgIpc) is 2.71. The number of aryl methyl sites for hydroxylation is 1. The summed E-state index contributed by atoms with van der Waals surface area (Å²) >= 11 is 0.